The highest BCUT2D eigenvalue weighted by Crippen LogP contribution is 2.09. The zero-order chi connectivity index (χ0) is 8.69. The summed E-state index contributed by atoms with van der Waals surface area (Å²) < 4.78 is 1.71. The largest absolute Gasteiger partial charge is 0.292 e. The van der Waals surface area contributed by atoms with Crippen molar-refractivity contribution in [3.05, 3.63) is 22.7 Å². The van der Waals surface area contributed by atoms with E-state index >= 15 is 0 Å². The fraction of sp³-hybridized carbons (Fsp3) is 0.600. The first-order valence-corrected chi connectivity index (χ1v) is 7.37. The van der Waals surface area contributed by atoms with E-state index in [1.807, 2.05) is 0 Å². The van der Waals surface area contributed by atoms with Crippen LogP contribution < -0.4 is 0 Å². The van der Waals surface area contributed by atoms with Crippen LogP contribution in [0.4, 0.5) is 0 Å². The highest BCUT2D eigenvalue weighted by molar-refractivity contribution is 6.63. The van der Waals surface area contributed by atoms with Crippen LogP contribution in [-0.4, -0.2) is 14.1 Å². The highest BCUT2D eigenvalue weighted by atomic mass is 27.2. The van der Waals surface area contributed by atoms with E-state index in [4.69, 9.17) is 0 Å². The van der Waals surface area contributed by atoms with E-state index in [0.29, 0.717) is 0 Å². The molecule has 62 valence electrons. The van der Waals surface area contributed by atoms with Crippen LogP contribution in [0.25, 0.3) is 0 Å². The monoisotopic (exact) mass is 166 g/mol. The van der Waals surface area contributed by atoms with Crippen molar-refractivity contribution in [2.75, 3.05) is 0 Å². The molecule has 11 heavy (non-hydrogen) atoms. The average Bonchev–Trinajstić information content (AvgIpc) is 1.97. The quantitative estimate of drug-likeness (QED) is 0.442. The fourth-order valence-corrected chi connectivity index (χ4v) is 2.59. The number of hydrogen-bond donors (Lipinski definition) is 0. The molecule has 0 rings (SSSR count). The molecule has 0 aromatic heterocycles. The molecule has 0 atom stereocenters. The summed E-state index contributed by atoms with van der Waals surface area (Å²) in [5.74, 6) is 4.79. The van der Waals surface area contributed by atoms with Gasteiger partial charge in [0.15, 0.2) is 0 Å². The Bertz CT molecular complexity index is 143. The molecule has 0 N–H and O–H groups in total. The van der Waals surface area contributed by atoms with Gasteiger partial charge in [-0.2, -0.15) is 0 Å². The highest BCUT2D eigenvalue weighted by Gasteiger charge is 2.06. The molecule has 0 saturated heterocycles. The zero-order valence-corrected chi connectivity index (χ0v) is 9.38. The van der Waals surface area contributed by atoms with Crippen LogP contribution in [0.15, 0.2) is 22.7 Å². The molecule has 0 saturated carbocycles. The van der Waals surface area contributed by atoms with Crippen molar-refractivity contribution >= 4 is 14.1 Å². The lowest BCUT2D eigenvalue weighted by Gasteiger charge is -2.04. The van der Waals surface area contributed by atoms with Gasteiger partial charge in [-0.25, -0.2) is 0 Å². The summed E-state index contributed by atoms with van der Waals surface area (Å²) in [6.45, 7) is 4.25. The second-order valence-electron chi connectivity index (χ2n) is 3.13. The van der Waals surface area contributed by atoms with Gasteiger partial charge < -0.3 is 0 Å². The molecule has 0 amide bonds. The van der Waals surface area contributed by atoms with Crippen molar-refractivity contribution in [3.8, 4) is 0 Å². The first-order chi connectivity index (χ1) is 5.22. The topological polar surface area (TPSA) is 0 Å². The van der Waals surface area contributed by atoms with E-state index < -0.39 is 14.1 Å². The summed E-state index contributed by atoms with van der Waals surface area (Å²) >= 11 is -0.501. The lowest BCUT2D eigenvalue weighted by atomic mass is 10.2. The van der Waals surface area contributed by atoms with Crippen molar-refractivity contribution in [2.45, 2.75) is 38.3 Å². The van der Waals surface area contributed by atoms with E-state index in [1.54, 1.807) is 4.44 Å². The second-order valence-corrected chi connectivity index (χ2v) is 6.18. The van der Waals surface area contributed by atoms with Gasteiger partial charge in [0.2, 0.25) is 0 Å². The van der Waals surface area contributed by atoms with Crippen LogP contribution in [0.1, 0.15) is 26.7 Å². The van der Waals surface area contributed by atoms with Gasteiger partial charge in [-0.1, -0.05) is 12.2 Å². The van der Waals surface area contributed by atoms with Crippen LogP contribution in [0.2, 0.25) is 11.6 Å². The molecule has 0 aliphatic carbocycles. The third-order valence-electron chi connectivity index (χ3n) is 1.95. The second kappa shape index (κ2) is 6.71. The molecule has 0 unspecified atom stereocenters. The maximum Gasteiger partial charge on any atom is 0.292 e. The smallest absolute Gasteiger partial charge is 0.135 e. The van der Waals surface area contributed by atoms with Gasteiger partial charge in [0.1, 0.15) is 0 Å². The van der Waals surface area contributed by atoms with Gasteiger partial charge in [-0.15, -0.1) is 22.1 Å². The zero-order valence-electron chi connectivity index (χ0n) is 8.22. The third kappa shape index (κ3) is 5.30. The SMILES string of the molecule is C/C=[C](/CC/C=C/C)[Al]([CH3])[CH3]. The summed E-state index contributed by atoms with van der Waals surface area (Å²) in [6, 6.07) is 0. The van der Waals surface area contributed by atoms with Gasteiger partial charge in [0.25, 0.3) is 14.1 Å². The van der Waals surface area contributed by atoms with Crippen LogP contribution in [-0.2, 0) is 0 Å². The van der Waals surface area contributed by atoms with Crippen LogP contribution in [0.3, 0.4) is 0 Å². The van der Waals surface area contributed by atoms with Crippen LogP contribution in [0.5, 0.6) is 0 Å². The Balaban J connectivity index is 3.72. The minimum absolute atomic E-state index is 0.501. The van der Waals surface area contributed by atoms with E-state index in [1.165, 1.54) is 12.8 Å². The van der Waals surface area contributed by atoms with Crippen molar-refractivity contribution in [2.24, 2.45) is 0 Å². The lowest BCUT2D eigenvalue weighted by molar-refractivity contribution is 1.02. The van der Waals surface area contributed by atoms with Gasteiger partial charge >= 0.3 is 0 Å². The predicted octanol–water partition coefficient (Wildman–Crippen LogP) is 3.58. The average molecular weight is 166 g/mol. The maximum atomic E-state index is 2.39. The molecule has 0 aromatic carbocycles. The van der Waals surface area contributed by atoms with Gasteiger partial charge in [0.05, 0.1) is 0 Å². The number of rotatable bonds is 4. The maximum absolute atomic E-state index is 2.39. The lowest BCUT2D eigenvalue weighted by Crippen LogP contribution is -2.04. The van der Waals surface area contributed by atoms with E-state index in [9.17, 15) is 0 Å². The Morgan fingerprint density at radius 3 is 2.27 bits per heavy atom. The number of hydrogen-bond acceptors (Lipinski definition) is 0. The summed E-state index contributed by atoms with van der Waals surface area (Å²) in [5.41, 5.74) is 0. The van der Waals surface area contributed by atoms with Crippen molar-refractivity contribution in [1.82, 2.24) is 0 Å². The minimum atomic E-state index is -0.501. The Hall–Kier alpha value is 0.0125. The summed E-state index contributed by atoms with van der Waals surface area (Å²) in [6.07, 6.45) is 9.20. The van der Waals surface area contributed by atoms with Gasteiger partial charge in [-0.3, -0.25) is 0 Å². The standard InChI is InChI=1S/C8H13.2CH3.Al/c1-3-5-7-8-6-4-2;;;/h3-5H,7-8H2,1-2H3;2*1H3;/b5-3+,6-4?;;;. The molecule has 0 heterocycles. The molecule has 0 bridgehead atoms. The third-order valence-corrected chi connectivity index (χ3v) is 4.05. The molecule has 0 aliphatic heterocycles. The Labute approximate surface area is 75.4 Å². The minimum Gasteiger partial charge on any atom is -0.135 e. The Morgan fingerprint density at radius 2 is 1.91 bits per heavy atom. The van der Waals surface area contributed by atoms with Gasteiger partial charge in [0, 0.05) is 0 Å². The first-order valence-electron chi connectivity index (χ1n) is 4.48. The van der Waals surface area contributed by atoms with E-state index in [2.05, 4.69) is 43.6 Å². The molecule has 0 aliphatic rings. The predicted molar refractivity (Wildman–Crippen MR) is 55.3 cm³/mol. The van der Waals surface area contributed by atoms with Crippen molar-refractivity contribution in [1.29, 1.82) is 0 Å². The fourth-order valence-electron chi connectivity index (χ4n) is 1.18. The normalized spacial score (nSPS) is 12.5. The summed E-state index contributed by atoms with van der Waals surface area (Å²) in [7, 11) is 0. The van der Waals surface area contributed by atoms with Gasteiger partial charge in [-0.05, 0) is 26.7 Å². The molecule has 0 fully saturated rings. The molecule has 0 spiro atoms. The molecular weight excluding hydrogens is 147 g/mol. The van der Waals surface area contributed by atoms with E-state index in [-0.39, 0.29) is 0 Å². The molecule has 0 nitrogen and oxygen atoms in total. The Kier molecular flexibility index (Phi) is 6.71. The van der Waals surface area contributed by atoms with Crippen molar-refractivity contribution < 1.29 is 0 Å². The molecule has 0 radical (unpaired) electrons. The van der Waals surface area contributed by atoms with Crippen molar-refractivity contribution in [3.63, 3.8) is 0 Å². The molecule has 1 heteroatoms. The first kappa shape index (κ1) is 11.0. The summed E-state index contributed by atoms with van der Waals surface area (Å²) in [5, 5.41) is 0. The van der Waals surface area contributed by atoms with Crippen LogP contribution in [0, 0.1) is 0 Å². The Morgan fingerprint density at radius 1 is 1.27 bits per heavy atom. The summed E-state index contributed by atoms with van der Waals surface area (Å²) in [4.78, 5) is 0. The van der Waals surface area contributed by atoms with Crippen LogP contribution >= 0.6 is 0 Å². The van der Waals surface area contributed by atoms with E-state index in [0.717, 1.165) is 0 Å². The number of allylic oxidation sites excluding steroid dienone is 4. The molecular formula is C10H19Al. The molecule has 0 aromatic rings.